The van der Waals surface area contributed by atoms with Crippen molar-refractivity contribution in [1.29, 1.82) is 0 Å². The summed E-state index contributed by atoms with van der Waals surface area (Å²) in [5.74, 6) is 0. The van der Waals surface area contributed by atoms with Crippen LogP contribution in [0, 0.1) is 5.41 Å². The Bertz CT molecular complexity index is 371. The average molecular weight is 313 g/mol. The van der Waals surface area contributed by atoms with Crippen LogP contribution in [-0.2, 0) is 6.54 Å². The van der Waals surface area contributed by atoms with E-state index in [4.69, 9.17) is 5.73 Å². The fourth-order valence-corrected chi connectivity index (χ4v) is 2.56. The highest BCUT2D eigenvalue weighted by atomic mass is 79.9. The number of hydrogen-bond acceptors (Lipinski definition) is 2. The van der Waals surface area contributed by atoms with Gasteiger partial charge in [-0.15, -0.1) is 0 Å². The minimum atomic E-state index is 0.312. The number of hydrogen-bond donors (Lipinski definition) is 1. The zero-order valence-corrected chi connectivity index (χ0v) is 13.5. The summed E-state index contributed by atoms with van der Waals surface area (Å²) in [5, 5.41) is 0. The van der Waals surface area contributed by atoms with E-state index in [-0.39, 0.29) is 0 Å². The summed E-state index contributed by atoms with van der Waals surface area (Å²) in [6.07, 6.45) is 1.12. The maximum absolute atomic E-state index is 5.92. The van der Waals surface area contributed by atoms with E-state index in [0.29, 0.717) is 18.0 Å². The third kappa shape index (κ3) is 5.09. The van der Waals surface area contributed by atoms with E-state index in [1.165, 1.54) is 10.0 Å². The molecule has 0 radical (unpaired) electrons. The number of rotatable bonds is 5. The predicted octanol–water partition coefficient (Wildman–Crippen LogP) is 3.64. The van der Waals surface area contributed by atoms with Crippen LogP contribution in [0.5, 0.6) is 0 Å². The highest BCUT2D eigenvalue weighted by Gasteiger charge is 2.21. The van der Waals surface area contributed by atoms with Gasteiger partial charge in [-0.3, -0.25) is 4.90 Å². The maximum atomic E-state index is 5.92. The van der Waals surface area contributed by atoms with Crippen LogP contribution in [0.25, 0.3) is 0 Å². The van der Waals surface area contributed by atoms with Gasteiger partial charge in [-0.1, -0.05) is 54.9 Å². The Morgan fingerprint density at radius 1 is 1.28 bits per heavy atom. The molecular weight excluding hydrogens is 288 g/mol. The molecule has 0 aliphatic rings. The van der Waals surface area contributed by atoms with Crippen molar-refractivity contribution in [1.82, 2.24) is 4.90 Å². The lowest BCUT2D eigenvalue weighted by molar-refractivity contribution is 0.177. The first kappa shape index (κ1) is 15.7. The predicted molar refractivity (Wildman–Crippen MR) is 82.5 cm³/mol. The molecule has 0 fully saturated rings. The van der Waals surface area contributed by atoms with Crippen molar-refractivity contribution < 1.29 is 0 Å². The molecule has 0 heterocycles. The molecule has 1 aromatic carbocycles. The largest absolute Gasteiger partial charge is 0.329 e. The minimum absolute atomic E-state index is 0.312. The molecule has 1 aromatic rings. The molecule has 2 N–H and O–H groups in total. The van der Waals surface area contributed by atoms with Gasteiger partial charge in [-0.25, -0.2) is 0 Å². The molecule has 1 rings (SSSR count). The van der Waals surface area contributed by atoms with Crippen molar-refractivity contribution >= 4 is 15.9 Å². The lowest BCUT2D eigenvalue weighted by Crippen LogP contribution is -2.40. The second kappa shape index (κ2) is 6.69. The molecule has 0 saturated heterocycles. The van der Waals surface area contributed by atoms with E-state index in [2.05, 4.69) is 66.8 Å². The van der Waals surface area contributed by atoms with Gasteiger partial charge in [0.15, 0.2) is 0 Å². The number of nitrogens with two attached hydrogens (primary N) is 1. The van der Waals surface area contributed by atoms with E-state index in [9.17, 15) is 0 Å². The van der Waals surface area contributed by atoms with Crippen LogP contribution in [0.2, 0.25) is 0 Å². The van der Waals surface area contributed by atoms with Gasteiger partial charge in [0.05, 0.1) is 0 Å². The summed E-state index contributed by atoms with van der Waals surface area (Å²) < 4.78 is 1.17. The normalized spacial score (nSPS) is 13.9. The number of nitrogens with zero attached hydrogens (tertiary/aromatic N) is 1. The summed E-state index contributed by atoms with van der Waals surface area (Å²) in [6.45, 7) is 8.43. The van der Waals surface area contributed by atoms with E-state index in [0.717, 1.165) is 13.0 Å². The molecule has 0 bridgehead atoms. The molecule has 0 saturated carbocycles. The average Bonchev–Trinajstić information content (AvgIpc) is 2.27. The van der Waals surface area contributed by atoms with Crippen LogP contribution >= 0.6 is 15.9 Å². The molecule has 0 spiro atoms. The van der Waals surface area contributed by atoms with Crippen LogP contribution in [0.4, 0.5) is 0 Å². The van der Waals surface area contributed by atoms with E-state index in [1.807, 2.05) is 6.07 Å². The second-order valence-electron chi connectivity index (χ2n) is 6.16. The van der Waals surface area contributed by atoms with Crippen molar-refractivity contribution in [2.45, 2.75) is 39.8 Å². The molecule has 0 aliphatic carbocycles. The molecule has 0 aliphatic heterocycles. The second-order valence-corrected chi connectivity index (χ2v) is 7.02. The molecule has 3 heteroatoms. The van der Waals surface area contributed by atoms with Crippen molar-refractivity contribution in [3.63, 3.8) is 0 Å². The molecule has 1 atom stereocenters. The summed E-state index contributed by atoms with van der Waals surface area (Å²) in [4.78, 5) is 2.35. The van der Waals surface area contributed by atoms with Crippen molar-refractivity contribution in [3.8, 4) is 0 Å². The Labute approximate surface area is 120 Å². The molecule has 102 valence electrons. The van der Waals surface area contributed by atoms with Gasteiger partial charge in [-0.05, 0) is 30.5 Å². The Morgan fingerprint density at radius 3 is 2.39 bits per heavy atom. The first-order chi connectivity index (χ1) is 8.33. The molecule has 0 amide bonds. The molecule has 0 aromatic heterocycles. The van der Waals surface area contributed by atoms with Crippen molar-refractivity contribution in [2.75, 3.05) is 13.6 Å². The lowest BCUT2D eigenvalue weighted by Gasteiger charge is -2.32. The highest BCUT2D eigenvalue weighted by molar-refractivity contribution is 9.10. The fourth-order valence-electron chi connectivity index (χ4n) is 2.15. The quantitative estimate of drug-likeness (QED) is 0.899. The third-order valence-corrected chi connectivity index (χ3v) is 3.89. The van der Waals surface area contributed by atoms with Gasteiger partial charge >= 0.3 is 0 Å². The number of halogens is 1. The summed E-state index contributed by atoms with van der Waals surface area (Å²) >= 11 is 3.60. The molecule has 1 unspecified atom stereocenters. The number of likely N-dealkylation sites (N-methyl/N-ethyl adjacent to an activating group) is 1. The van der Waals surface area contributed by atoms with Gasteiger partial charge < -0.3 is 5.73 Å². The van der Waals surface area contributed by atoms with Gasteiger partial charge in [0.25, 0.3) is 0 Å². The Morgan fingerprint density at radius 2 is 1.89 bits per heavy atom. The fraction of sp³-hybridized carbons (Fsp3) is 0.600. The zero-order valence-electron chi connectivity index (χ0n) is 11.9. The Balaban J connectivity index is 2.68. The third-order valence-electron chi connectivity index (χ3n) is 3.12. The SMILES string of the molecule is CN(Cc1ccccc1Br)C(CN)CC(C)(C)C. The topological polar surface area (TPSA) is 29.3 Å². The standard InChI is InChI=1S/C15H25BrN2/c1-15(2,3)9-13(10-17)18(4)11-12-7-5-6-8-14(12)16/h5-8,13H,9-11,17H2,1-4H3. The maximum Gasteiger partial charge on any atom is 0.0245 e. The summed E-state index contributed by atoms with van der Waals surface area (Å²) in [7, 11) is 2.16. The van der Waals surface area contributed by atoms with Gasteiger partial charge in [0.2, 0.25) is 0 Å². The highest BCUT2D eigenvalue weighted by Crippen LogP contribution is 2.24. The zero-order chi connectivity index (χ0) is 13.8. The Kier molecular flexibility index (Phi) is 5.83. The summed E-state index contributed by atoms with van der Waals surface area (Å²) in [6, 6.07) is 8.80. The van der Waals surface area contributed by atoms with Crippen LogP contribution < -0.4 is 5.73 Å². The first-order valence-electron chi connectivity index (χ1n) is 6.47. The van der Waals surface area contributed by atoms with Crippen LogP contribution in [-0.4, -0.2) is 24.5 Å². The van der Waals surface area contributed by atoms with Crippen LogP contribution in [0.3, 0.4) is 0 Å². The van der Waals surface area contributed by atoms with Gasteiger partial charge in [0.1, 0.15) is 0 Å². The van der Waals surface area contributed by atoms with Gasteiger partial charge in [-0.2, -0.15) is 0 Å². The smallest absolute Gasteiger partial charge is 0.0245 e. The van der Waals surface area contributed by atoms with E-state index >= 15 is 0 Å². The lowest BCUT2D eigenvalue weighted by atomic mass is 9.87. The first-order valence-corrected chi connectivity index (χ1v) is 7.26. The van der Waals surface area contributed by atoms with Crippen molar-refractivity contribution in [3.05, 3.63) is 34.3 Å². The molecule has 18 heavy (non-hydrogen) atoms. The Hall–Kier alpha value is -0.380. The minimum Gasteiger partial charge on any atom is -0.329 e. The van der Waals surface area contributed by atoms with Crippen molar-refractivity contribution in [2.24, 2.45) is 11.1 Å². The van der Waals surface area contributed by atoms with Crippen LogP contribution in [0.1, 0.15) is 32.8 Å². The number of benzene rings is 1. The monoisotopic (exact) mass is 312 g/mol. The summed E-state index contributed by atoms with van der Waals surface area (Å²) in [5.41, 5.74) is 7.54. The molecular formula is C15H25BrN2. The van der Waals surface area contributed by atoms with Gasteiger partial charge in [0, 0.05) is 23.6 Å². The molecule has 2 nitrogen and oxygen atoms in total. The van der Waals surface area contributed by atoms with E-state index < -0.39 is 0 Å². The van der Waals surface area contributed by atoms with Crippen LogP contribution in [0.15, 0.2) is 28.7 Å². The van der Waals surface area contributed by atoms with E-state index in [1.54, 1.807) is 0 Å².